The van der Waals surface area contributed by atoms with Crippen LogP contribution in [0.15, 0.2) is 59.1 Å². The standard InChI is InChI=1S/C23H19F3N2O3/c1-14-20(31-22(27-14)15-6-8-17(9-7-15)23(24,25)26)10-11-28-13-16(12-21(29)30)18-4-2-3-5-19(18)28/h2-9,13H,10-12H2,1H3,(H,29,30). The number of carboxylic acids is 1. The molecular weight excluding hydrogens is 409 g/mol. The highest BCUT2D eigenvalue weighted by Gasteiger charge is 2.30. The first-order valence-electron chi connectivity index (χ1n) is 9.65. The van der Waals surface area contributed by atoms with Gasteiger partial charge in [-0.2, -0.15) is 13.2 Å². The molecule has 0 aliphatic carbocycles. The van der Waals surface area contributed by atoms with E-state index in [9.17, 15) is 18.0 Å². The van der Waals surface area contributed by atoms with Crippen molar-refractivity contribution in [1.82, 2.24) is 9.55 Å². The first-order chi connectivity index (χ1) is 14.7. The zero-order valence-electron chi connectivity index (χ0n) is 16.6. The molecule has 2 aromatic heterocycles. The monoisotopic (exact) mass is 428 g/mol. The van der Waals surface area contributed by atoms with Crippen molar-refractivity contribution in [2.24, 2.45) is 0 Å². The van der Waals surface area contributed by atoms with Crippen LogP contribution in [0.2, 0.25) is 0 Å². The average Bonchev–Trinajstić information content (AvgIpc) is 3.26. The molecule has 4 aromatic rings. The molecule has 0 saturated heterocycles. The van der Waals surface area contributed by atoms with Crippen LogP contribution >= 0.6 is 0 Å². The molecule has 2 aromatic carbocycles. The van der Waals surface area contributed by atoms with Crippen LogP contribution in [-0.2, 0) is 30.4 Å². The van der Waals surface area contributed by atoms with E-state index in [1.165, 1.54) is 12.1 Å². The Labute approximate surface area is 175 Å². The number of aliphatic carboxylic acids is 1. The predicted molar refractivity (Wildman–Crippen MR) is 109 cm³/mol. The van der Waals surface area contributed by atoms with E-state index in [1.54, 1.807) is 6.92 Å². The molecule has 5 nitrogen and oxygen atoms in total. The number of aromatic nitrogens is 2. The molecule has 4 rings (SSSR count). The fourth-order valence-electron chi connectivity index (χ4n) is 3.62. The van der Waals surface area contributed by atoms with Crippen LogP contribution in [0.3, 0.4) is 0 Å². The summed E-state index contributed by atoms with van der Waals surface area (Å²) in [6.45, 7) is 2.33. The smallest absolute Gasteiger partial charge is 0.416 e. The molecule has 31 heavy (non-hydrogen) atoms. The fraction of sp³-hybridized carbons (Fsp3) is 0.217. The molecule has 0 fully saturated rings. The molecule has 1 N–H and O–H groups in total. The van der Waals surface area contributed by atoms with Gasteiger partial charge < -0.3 is 14.1 Å². The number of rotatable bonds is 6. The van der Waals surface area contributed by atoms with E-state index in [4.69, 9.17) is 9.52 Å². The Balaban J connectivity index is 1.55. The second kappa shape index (κ2) is 7.94. The van der Waals surface area contributed by atoms with Crippen LogP contribution in [0.4, 0.5) is 13.2 Å². The summed E-state index contributed by atoms with van der Waals surface area (Å²) in [6, 6.07) is 12.3. The maximum absolute atomic E-state index is 12.8. The summed E-state index contributed by atoms with van der Waals surface area (Å²) in [4.78, 5) is 15.5. The number of fused-ring (bicyclic) bond motifs is 1. The third-order valence-corrected chi connectivity index (χ3v) is 5.14. The van der Waals surface area contributed by atoms with Crippen LogP contribution in [0.1, 0.15) is 22.6 Å². The third-order valence-electron chi connectivity index (χ3n) is 5.14. The topological polar surface area (TPSA) is 68.3 Å². The van der Waals surface area contributed by atoms with Gasteiger partial charge in [0.1, 0.15) is 5.76 Å². The average molecular weight is 428 g/mol. The Hall–Kier alpha value is -3.55. The summed E-state index contributed by atoms with van der Waals surface area (Å²) < 4.78 is 46.1. The summed E-state index contributed by atoms with van der Waals surface area (Å²) in [5.41, 5.74) is 2.08. The second-order valence-corrected chi connectivity index (χ2v) is 7.29. The molecule has 0 unspecified atom stereocenters. The van der Waals surface area contributed by atoms with Gasteiger partial charge in [0.15, 0.2) is 0 Å². The Morgan fingerprint density at radius 1 is 1.13 bits per heavy atom. The highest BCUT2D eigenvalue weighted by Crippen LogP contribution is 2.31. The van der Waals surface area contributed by atoms with Crippen molar-refractivity contribution in [3.8, 4) is 11.5 Å². The van der Waals surface area contributed by atoms with Crippen LogP contribution in [-0.4, -0.2) is 20.6 Å². The maximum atomic E-state index is 12.8. The van der Waals surface area contributed by atoms with E-state index in [0.29, 0.717) is 30.0 Å². The van der Waals surface area contributed by atoms with Gasteiger partial charge in [-0.05, 0) is 42.8 Å². The van der Waals surface area contributed by atoms with Gasteiger partial charge in [-0.1, -0.05) is 18.2 Å². The van der Waals surface area contributed by atoms with E-state index in [1.807, 2.05) is 35.0 Å². The summed E-state index contributed by atoms with van der Waals surface area (Å²) in [5.74, 6) is 0.00721. The van der Waals surface area contributed by atoms with Gasteiger partial charge in [0.25, 0.3) is 0 Å². The van der Waals surface area contributed by atoms with Crippen molar-refractivity contribution in [3.05, 3.63) is 77.3 Å². The van der Waals surface area contributed by atoms with Crippen LogP contribution in [0.5, 0.6) is 0 Å². The first kappa shape index (κ1) is 20.7. The number of alkyl halides is 3. The number of benzene rings is 2. The molecule has 0 atom stereocenters. The predicted octanol–water partition coefficient (Wildman–Crippen LogP) is 5.49. The summed E-state index contributed by atoms with van der Waals surface area (Å²) in [6.07, 6.45) is -2.12. The summed E-state index contributed by atoms with van der Waals surface area (Å²) in [5, 5.41) is 10.1. The lowest BCUT2D eigenvalue weighted by Crippen LogP contribution is -2.03. The molecule has 0 amide bonds. The lowest BCUT2D eigenvalue weighted by molar-refractivity contribution is -0.138. The number of halogens is 3. The van der Waals surface area contributed by atoms with Gasteiger partial charge in [0.05, 0.1) is 17.7 Å². The normalized spacial score (nSPS) is 11.9. The molecule has 0 aliphatic heterocycles. The molecule has 0 bridgehead atoms. The van der Waals surface area contributed by atoms with E-state index < -0.39 is 17.7 Å². The van der Waals surface area contributed by atoms with Crippen molar-refractivity contribution in [2.45, 2.75) is 32.5 Å². The molecule has 0 spiro atoms. The van der Waals surface area contributed by atoms with Crippen molar-refractivity contribution >= 4 is 16.9 Å². The molecular formula is C23H19F3N2O3. The number of carboxylic acid groups (broad SMARTS) is 1. The minimum atomic E-state index is -4.39. The van der Waals surface area contributed by atoms with Gasteiger partial charge >= 0.3 is 12.1 Å². The minimum absolute atomic E-state index is 0.0626. The van der Waals surface area contributed by atoms with Crippen molar-refractivity contribution in [3.63, 3.8) is 0 Å². The third kappa shape index (κ3) is 4.33. The number of para-hydroxylation sites is 1. The number of hydrogen-bond acceptors (Lipinski definition) is 3. The van der Waals surface area contributed by atoms with Gasteiger partial charge in [-0.3, -0.25) is 4.79 Å². The number of oxazole rings is 1. The molecule has 0 saturated carbocycles. The Kier molecular flexibility index (Phi) is 5.31. The molecule has 0 radical (unpaired) electrons. The van der Waals surface area contributed by atoms with Crippen LogP contribution < -0.4 is 0 Å². The Morgan fingerprint density at radius 3 is 2.52 bits per heavy atom. The van der Waals surface area contributed by atoms with Crippen molar-refractivity contribution < 1.29 is 27.5 Å². The maximum Gasteiger partial charge on any atom is 0.416 e. The number of hydrogen-bond donors (Lipinski definition) is 1. The SMILES string of the molecule is Cc1nc(-c2ccc(C(F)(F)F)cc2)oc1CCn1cc(CC(=O)O)c2ccccc21. The van der Waals surface area contributed by atoms with Gasteiger partial charge in [0, 0.05) is 35.6 Å². The molecule has 0 aliphatic rings. The summed E-state index contributed by atoms with van der Waals surface area (Å²) >= 11 is 0. The number of aryl methyl sites for hydroxylation is 3. The zero-order chi connectivity index (χ0) is 22.2. The first-order valence-corrected chi connectivity index (χ1v) is 9.65. The van der Waals surface area contributed by atoms with Crippen LogP contribution in [0, 0.1) is 6.92 Å². The van der Waals surface area contributed by atoms with Crippen molar-refractivity contribution in [1.29, 1.82) is 0 Å². The van der Waals surface area contributed by atoms with Crippen LogP contribution in [0.25, 0.3) is 22.4 Å². The Morgan fingerprint density at radius 2 is 1.84 bits per heavy atom. The lowest BCUT2D eigenvalue weighted by atomic mass is 10.1. The second-order valence-electron chi connectivity index (χ2n) is 7.29. The number of carbonyl (C=O) groups is 1. The largest absolute Gasteiger partial charge is 0.481 e. The zero-order valence-corrected chi connectivity index (χ0v) is 16.6. The van der Waals surface area contributed by atoms with Gasteiger partial charge in [-0.25, -0.2) is 4.98 Å². The van der Waals surface area contributed by atoms with E-state index in [0.717, 1.165) is 28.6 Å². The van der Waals surface area contributed by atoms with Crippen molar-refractivity contribution in [2.75, 3.05) is 0 Å². The minimum Gasteiger partial charge on any atom is -0.481 e. The van der Waals surface area contributed by atoms with Gasteiger partial charge in [-0.15, -0.1) is 0 Å². The highest BCUT2D eigenvalue weighted by atomic mass is 19.4. The van der Waals surface area contributed by atoms with E-state index >= 15 is 0 Å². The van der Waals surface area contributed by atoms with Gasteiger partial charge in [0.2, 0.25) is 5.89 Å². The molecule has 2 heterocycles. The highest BCUT2D eigenvalue weighted by molar-refractivity contribution is 5.87. The Bertz CT molecular complexity index is 1240. The summed E-state index contributed by atoms with van der Waals surface area (Å²) in [7, 11) is 0. The quantitative estimate of drug-likeness (QED) is 0.441. The van der Waals surface area contributed by atoms with E-state index in [-0.39, 0.29) is 12.3 Å². The van der Waals surface area contributed by atoms with E-state index in [2.05, 4.69) is 4.98 Å². The molecule has 160 valence electrons. The molecule has 8 heteroatoms. The fourth-order valence-corrected chi connectivity index (χ4v) is 3.62. The lowest BCUT2D eigenvalue weighted by Gasteiger charge is -2.06. The number of nitrogens with zero attached hydrogens (tertiary/aromatic N) is 2.